The van der Waals surface area contributed by atoms with Crippen LogP contribution in [-0.4, -0.2) is 62.7 Å². The minimum Gasteiger partial charge on any atom is -0.297 e. The second kappa shape index (κ2) is 10.8. The molecule has 0 amide bonds. The van der Waals surface area contributed by atoms with Gasteiger partial charge in [0.05, 0.1) is 11.6 Å². The fourth-order valence-corrected chi connectivity index (χ4v) is 5.43. The minimum absolute atomic E-state index is 0.0347. The van der Waals surface area contributed by atoms with Crippen LogP contribution >= 0.6 is 0 Å². The summed E-state index contributed by atoms with van der Waals surface area (Å²) in [4.78, 5) is 5.06. The first-order chi connectivity index (χ1) is 16.7. The molecule has 0 aliphatic carbocycles. The van der Waals surface area contributed by atoms with Gasteiger partial charge >= 0.3 is 0 Å². The molecule has 2 heterocycles. The van der Waals surface area contributed by atoms with Crippen LogP contribution in [0, 0.1) is 5.41 Å². The van der Waals surface area contributed by atoms with E-state index in [2.05, 4.69) is 137 Å². The lowest BCUT2D eigenvalue weighted by atomic mass is 9.81. The van der Waals surface area contributed by atoms with E-state index >= 15 is 0 Å². The Labute approximate surface area is 210 Å². The Balaban J connectivity index is 1.51. The van der Waals surface area contributed by atoms with E-state index in [1.54, 1.807) is 0 Å². The van der Waals surface area contributed by atoms with Gasteiger partial charge in [-0.15, -0.1) is 5.10 Å². The third-order valence-electron chi connectivity index (χ3n) is 6.64. The lowest BCUT2D eigenvalue weighted by molar-refractivity contribution is 0.106. The van der Waals surface area contributed by atoms with Gasteiger partial charge in [-0.3, -0.25) is 9.80 Å². The molecule has 1 atom stereocenters. The Hall–Kier alpha value is -2.83. The van der Waals surface area contributed by atoms with Crippen LogP contribution < -0.4 is 0 Å². The van der Waals surface area contributed by atoms with Crippen LogP contribution in [0.25, 0.3) is 6.08 Å². The molecule has 6 nitrogen and oxygen atoms in total. The molecule has 0 saturated carbocycles. The Morgan fingerprint density at radius 3 is 2.11 bits per heavy atom. The van der Waals surface area contributed by atoms with E-state index in [-0.39, 0.29) is 17.0 Å². The van der Waals surface area contributed by atoms with Gasteiger partial charge in [-0.2, -0.15) is 0 Å². The van der Waals surface area contributed by atoms with Crippen molar-refractivity contribution in [2.24, 2.45) is 5.41 Å². The highest BCUT2D eigenvalue weighted by Crippen LogP contribution is 2.35. The number of tetrazole rings is 1. The van der Waals surface area contributed by atoms with Crippen LogP contribution in [0.1, 0.15) is 64.0 Å². The SMILES string of the molecule is CC(C)(C)CC(C)(C)n1nnnc1[C@H](c1ccccc1)N1CCN(CC=Cc2ccccc2)CC1. The molecule has 2 aromatic carbocycles. The van der Waals surface area contributed by atoms with Gasteiger partial charge in [0.1, 0.15) is 0 Å². The number of rotatable bonds is 8. The summed E-state index contributed by atoms with van der Waals surface area (Å²) in [7, 11) is 0. The fraction of sp³-hybridized carbons (Fsp3) is 0.483. The van der Waals surface area contributed by atoms with E-state index in [0.29, 0.717) is 0 Å². The molecule has 1 saturated heterocycles. The van der Waals surface area contributed by atoms with Crippen LogP contribution in [0.5, 0.6) is 0 Å². The molecule has 1 aliphatic heterocycles. The van der Waals surface area contributed by atoms with Crippen molar-refractivity contribution >= 4 is 6.08 Å². The predicted molar refractivity (Wildman–Crippen MR) is 143 cm³/mol. The maximum absolute atomic E-state index is 4.60. The molecule has 1 aromatic heterocycles. The maximum Gasteiger partial charge on any atom is 0.173 e. The molecular weight excluding hydrogens is 432 g/mol. The molecule has 1 fully saturated rings. The quantitative estimate of drug-likeness (QED) is 0.447. The first kappa shape index (κ1) is 25.3. The van der Waals surface area contributed by atoms with Gasteiger partial charge in [-0.05, 0) is 47.2 Å². The van der Waals surface area contributed by atoms with Gasteiger partial charge in [-0.25, -0.2) is 4.68 Å². The summed E-state index contributed by atoms with van der Waals surface area (Å²) in [6.45, 7) is 16.3. The second-order valence-electron chi connectivity index (χ2n) is 11.5. The first-order valence-electron chi connectivity index (χ1n) is 12.7. The Kier molecular flexibility index (Phi) is 7.82. The topological polar surface area (TPSA) is 50.1 Å². The van der Waals surface area contributed by atoms with Gasteiger partial charge < -0.3 is 0 Å². The van der Waals surface area contributed by atoms with E-state index in [4.69, 9.17) is 0 Å². The van der Waals surface area contributed by atoms with Crippen LogP contribution in [0.15, 0.2) is 66.7 Å². The lowest BCUT2D eigenvalue weighted by Crippen LogP contribution is -2.48. The van der Waals surface area contributed by atoms with Crippen molar-refractivity contribution < 1.29 is 0 Å². The molecule has 3 aromatic rings. The Morgan fingerprint density at radius 2 is 1.49 bits per heavy atom. The first-order valence-corrected chi connectivity index (χ1v) is 12.7. The highest BCUT2D eigenvalue weighted by atomic mass is 15.6. The lowest BCUT2D eigenvalue weighted by Gasteiger charge is -2.40. The van der Waals surface area contributed by atoms with Crippen molar-refractivity contribution in [1.82, 2.24) is 30.0 Å². The van der Waals surface area contributed by atoms with Crippen molar-refractivity contribution in [3.8, 4) is 0 Å². The highest BCUT2D eigenvalue weighted by Gasteiger charge is 2.36. The number of nitrogens with zero attached hydrogens (tertiary/aromatic N) is 6. The standard InChI is InChI=1S/C29H40N6/c1-28(2,3)23-29(4,5)35-27(30-31-32-35)26(25-16-10-7-11-17-25)34-21-19-33(20-22-34)18-12-15-24-13-8-6-9-14-24/h6-17,26H,18-23H2,1-5H3/t26-/m0/s1. The molecule has 186 valence electrons. The van der Waals surface area contributed by atoms with Crippen LogP contribution in [0.3, 0.4) is 0 Å². The minimum atomic E-state index is -0.186. The Morgan fingerprint density at radius 1 is 0.857 bits per heavy atom. The maximum atomic E-state index is 4.60. The summed E-state index contributed by atoms with van der Waals surface area (Å²) < 4.78 is 2.07. The molecule has 1 aliphatic rings. The molecule has 4 rings (SSSR count). The van der Waals surface area contributed by atoms with Gasteiger partial charge in [0, 0.05) is 32.7 Å². The van der Waals surface area contributed by atoms with Gasteiger partial charge in [0.15, 0.2) is 5.82 Å². The smallest absolute Gasteiger partial charge is 0.173 e. The molecule has 0 unspecified atom stereocenters. The summed E-state index contributed by atoms with van der Waals surface area (Å²) in [6.07, 6.45) is 5.47. The third-order valence-corrected chi connectivity index (χ3v) is 6.64. The van der Waals surface area contributed by atoms with E-state index in [1.165, 1.54) is 11.1 Å². The van der Waals surface area contributed by atoms with Gasteiger partial charge in [0.2, 0.25) is 0 Å². The highest BCUT2D eigenvalue weighted by molar-refractivity contribution is 5.48. The summed E-state index contributed by atoms with van der Waals surface area (Å²) >= 11 is 0. The van der Waals surface area contributed by atoms with E-state index in [0.717, 1.165) is 45.0 Å². The van der Waals surface area contributed by atoms with Crippen LogP contribution in [0.4, 0.5) is 0 Å². The zero-order valence-corrected chi connectivity index (χ0v) is 21.9. The van der Waals surface area contributed by atoms with Crippen molar-refractivity contribution in [2.75, 3.05) is 32.7 Å². The van der Waals surface area contributed by atoms with Gasteiger partial charge in [-0.1, -0.05) is 93.6 Å². The molecule has 0 N–H and O–H groups in total. The van der Waals surface area contributed by atoms with Crippen molar-refractivity contribution in [2.45, 2.75) is 52.6 Å². The van der Waals surface area contributed by atoms with E-state index < -0.39 is 0 Å². The van der Waals surface area contributed by atoms with Crippen molar-refractivity contribution in [3.63, 3.8) is 0 Å². The predicted octanol–water partition coefficient (Wildman–Crippen LogP) is 5.26. The summed E-state index contributed by atoms with van der Waals surface area (Å²) in [5, 5.41) is 13.3. The fourth-order valence-electron chi connectivity index (χ4n) is 5.43. The molecule has 0 bridgehead atoms. The average molecular weight is 473 g/mol. The second-order valence-corrected chi connectivity index (χ2v) is 11.5. The largest absolute Gasteiger partial charge is 0.297 e. The molecule has 35 heavy (non-hydrogen) atoms. The number of hydrogen-bond donors (Lipinski definition) is 0. The third kappa shape index (κ3) is 6.65. The number of hydrogen-bond acceptors (Lipinski definition) is 5. The van der Waals surface area contributed by atoms with E-state index in [9.17, 15) is 0 Å². The molecule has 0 spiro atoms. The molecule has 0 radical (unpaired) electrons. The summed E-state index contributed by atoms with van der Waals surface area (Å²) in [5.74, 6) is 0.933. The molecular formula is C29H40N6. The Bertz CT molecular complexity index is 1070. The number of aromatic nitrogens is 4. The zero-order chi connectivity index (χ0) is 24.9. The summed E-state index contributed by atoms with van der Waals surface area (Å²) in [6, 6.07) is 21.2. The monoisotopic (exact) mass is 472 g/mol. The van der Waals surface area contributed by atoms with Crippen molar-refractivity contribution in [1.29, 1.82) is 0 Å². The normalized spacial score (nSPS) is 17.2. The average Bonchev–Trinajstić information content (AvgIpc) is 3.31. The van der Waals surface area contributed by atoms with Crippen molar-refractivity contribution in [3.05, 3.63) is 83.7 Å². The summed E-state index contributed by atoms with van der Waals surface area (Å²) in [5.41, 5.74) is 2.48. The number of piperazine rings is 1. The van der Waals surface area contributed by atoms with E-state index in [1.807, 2.05) is 0 Å². The van der Waals surface area contributed by atoms with Gasteiger partial charge in [0.25, 0.3) is 0 Å². The van der Waals surface area contributed by atoms with Crippen LogP contribution in [0.2, 0.25) is 0 Å². The van der Waals surface area contributed by atoms with Crippen LogP contribution in [-0.2, 0) is 5.54 Å². The number of benzene rings is 2. The zero-order valence-electron chi connectivity index (χ0n) is 21.9. The molecule has 6 heteroatoms.